The van der Waals surface area contributed by atoms with Crippen molar-refractivity contribution in [2.75, 3.05) is 0 Å². The zero-order valence-electron chi connectivity index (χ0n) is 10.0. The fourth-order valence-corrected chi connectivity index (χ4v) is 2.56. The predicted molar refractivity (Wildman–Crippen MR) is 82.0 cm³/mol. The minimum atomic E-state index is -0.246. The third kappa shape index (κ3) is 3.86. The lowest BCUT2D eigenvalue weighted by Crippen LogP contribution is -2.29. The molecule has 0 fully saturated rings. The van der Waals surface area contributed by atoms with Gasteiger partial charge in [-0.3, -0.25) is 11.3 Å². The van der Waals surface area contributed by atoms with E-state index in [1.165, 1.54) is 12.1 Å². The van der Waals surface area contributed by atoms with Gasteiger partial charge in [0, 0.05) is 8.95 Å². The van der Waals surface area contributed by atoms with Crippen molar-refractivity contribution < 1.29 is 4.39 Å². The smallest absolute Gasteiger partial charge is 0.123 e. The Kier molecular flexibility index (Phi) is 5.10. The largest absolute Gasteiger partial charge is 0.271 e. The molecule has 2 rings (SSSR count). The first-order valence-corrected chi connectivity index (χ1v) is 7.34. The summed E-state index contributed by atoms with van der Waals surface area (Å²) in [5.41, 5.74) is 4.71. The van der Waals surface area contributed by atoms with Crippen LogP contribution in [0.5, 0.6) is 0 Å². The van der Waals surface area contributed by atoms with Gasteiger partial charge in [-0.25, -0.2) is 4.39 Å². The maximum Gasteiger partial charge on any atom is 0.123 e. The number of nitrogens with one attached hydrogen (secondary N) is 1. The first kappa shape index (κ1) is 14.7. The minimum absolute atomic E-state index is 0.0637. The van der Waals surface area contributed by atoms with Gasteiger partial charge in [0.15, 0.2) is 0 Å². The van der Waals surface area contributed by atoms with Gasteiger partial charge in [-0.15, -0.1) is 0 Å². The fourth-order valence-electron chi connectivity index (χ4n) is 1.89. The number of hydrazine groups is 1. The van der Waals surface area contributed by atoms with Gasteiger partial charge in [-0.05, 0) is 47.9 Å². The summed E-state index contributed by atoms with van der Waals surface area (Å²) in [5.74, 6) is 5.36. The molecule has 2 nitrogen and oxygen atoms in total. The van der Waals surface area contributed by atoms with Crippen molar-refractivity contribution in [2.45, 2.75) is 12.5 Å². The van der Waals surface area contributed by atoms with Crippen LogP contribution in [0.25, 0.3) is 0 Å². The molecule has 1 atom stereocenters. The summed E-state index contributed by atoms with van der Waals surface area (Å²) < 4.78 is 15.2. The van der Waals surface area contributed by atoms with Crippen LogP contribution in [-0.2, 0) is 6.42 Å². The Morgan fingerprint density at radius 1 is 1.11 bits per heavy atom. The summed E-state index contributed by atoms with van der Waals surface area (Å²) >= 11 is 6.83. The SMILES string of the molecule is NNC(Cc1cc(F)ccc1Br)c1ccc(Br)cc1. The van der Waals surface area contributed by atoms with Crippen molar-refractivity contribution in [1.29, 1.82) is 0 Å². The number of rotatable bonds is 4. The highest BCUT2D eigenvalue weighted by Crippen LogP contribution is 2.25. The van der Waals surface area contributed by atoms with Crippen LogP contribution in [0.15, 0.2) is 51.4 Å². The van der Waals surface area contributed by atoms with E-state index in [9.17, 15) is 4.39 Å². The summed E-state index contributed by atoms with van der Waals surface area (Å²) in [6.07, 6.45) is 0.608. The third-order valence-electron chi connectivity index (χ3n) is 2.91. The number of hydrogen-bond donors (Lipinski definition) is 2. The van der Waals surface area contributed by atoms with Gasteiger partial charge >= 0.3 is 0 Å². The van der Waals surface area contributed by atoms with E-state index in [2.05, 4.69) is 37.3 Å². The Morgan fingerprint density at radius 2 is 1.79 bits per heavy atom. The first-order valence-electron chi connectivity index (χ1n) is 5.75. The van der Waals surface area contributed by atoms with Gasteiger partial charge in [-0.1, -0.05) is 44.0 Å². The van der Waals surface area contributed by atoms with Gasteiger partial charge in [0.05, 0.1) is 6.04 Å². The zero-order valence-corrected chi connectivity index (χ0v) is 13.2. The Hall–Kier alpha value is -0.750. The molecule has 0 amide bonds. The summed E-state index contributed by atoms with van der Waals surface area (Å²) in [5, 5.41) is 0. The Balaban J connectivity index is 2.23. The molecule has 0 saturated heterocycles. The standard InChI is InChI=1S/C14H13Br2FN2/c15-11-3-1-9(2-4-11)14(19-18)8-10-7-12(17)5-6-13(10)16/h1-7,14,19H,8,18H2. The normalized spacial score (nSPS) is 12.4. The highest BCUT2D eigenvalue weighted by Gasteiger charge is 2.13. The van der Waals surface area contributed by atoms with Crippen LogP contribution in [0.4, 0.5) is 4.39 Å². The second-order valence-electron chi connectivity index (χ2n) is 4.21. The van der Waals surface area contributed by atoms with Gasteiger partial charge in [-0.2, -0.15) is 0 Å². The summed E-state index contributed by atoms with van der Waals surface area (Å²) in [6.45, 7) is 0. The lowest BCUT2D eigenvalue weighted by molar-refractivity contribution is 0.547. The van der Waals surface area contributed by atoms with Gasteiger partial charge < -0.3 is 0 Å². The highest BCUT2D eigenvalue weighted by molar-refractivity contribution is 9.10. The van der Waals surface area contributed by atoms with Crippen LogP contribution in [0.1, 0.15) is 17.2 Å². The molecule has 100 valence electrons. The molecule has 0 saturated carbocycles. The number of hydrogen-bond acceptors (Lipinski definition) is 2. The molecule has 3 N–H and O–H groups in total. The second kappa shape index (κ2) is 6.61. The van der Waals surface area contributed by atoms with Crippen molar-refractivity contribution in [3.05, 3.63) is 68.4 Å². The molecule has 0 aliphatic heterocycles. The van der Waals surface area contributed by atoms with E-state index < -0.39 is 0 Å². The molecule has 0 bridgehead atoms. The molecule has 1 unspecified atom stereocenters. The monoisotopic (exact) mass is 386 g/mol. The molecule has 0 radical (unpaired) electrons. The number of nitrogens with two attached hydrogens (primary N) is 1. The van der Waals surface area contributed by atoms with Crippen LogP contribution >= 0.6 is 31.9 Å². The second-order valence-corrected chi connectivity index (χ2v) is 5.98. The third-order valence-corrected chi connectivity index (χ3v) is 4.21. The van der Waals surface area contributed by atoms with E-state index in [1.54, 1.807) is 6.07 Å². The van der Waals surface area contributed by atoms with Crippen molar-refractivity contribution >= 4 is 31.9 Å². The van der Waals surface area contributed by atoms with Crippen LogP contribution in [-0.4, -0.2) is 0 Å². The molecule has 5 heteroatoms. The molecule has 0 aliphatic rings. The average Bonchev–Trinajstić information content (AvgIpc) is 2.41. The quantitative estimate of drug-likeness (QED) is 0.612. The van der Waals surface area contributed by atoms with E-state index >= 15 is 0 Å². The molecular weight excluding hydrogens is 375 g/mol. The molecule has 2 aromatic carbocycles. The molecule has 19 heavy (non-hydrogen) atoms. The lowest BCUT2D eigenvalue weighted by atomic mass is 9.99. The first-order chi connectivity index (χ1) is 9.10. The van der Waals surface area contributed by atoms with E-state index in [1.807, 2.05) is 24.3 Å². The van der Waals surface area contributed by atoms with Crippen LogP contribution in [0.2, 0.25) is 0 Å². The van der Waals surface area contributed by atoms with E-state index in [-0.39, 0.29) is 11.9 Å². The zero-order chi connectivity index (χ0) is 13.8. The summed E-state index contributed by atoms with van der Waals surface area (Å²) in [6, 6.07) is 12.5. The van der Waals surface area contributed by atoms with Crippen molar-refractivity contribution in [1.82, 2.24) is 5.43 Å². The number of halogens is 3. The maximum absolute atomic E-state index is 13.3. The minimum Gasteiger partial charge on any atom is -0.271 e. The van der Waals surface area contributed by atoms with E-state index in [0.29, 0.717) is 6.42 Å². The summed E-state index contributed by atoms with van der Waals surface area (Å²) in [7, 11) is 0. The average molecular weight is 388 g/mol. The van der Waals surface area contributed by atoms with Crippen LogP contribution in [0.3, 0.4) is 0 Å². The molecule has 0 heterocycles. The lowest BCUT2D eigenvalue weighted by Gasteiger charge is -2.17. The fraction of sp³-hybridized carbons (Fsp3) is 0.143. The van der Waals surface area contributed by atoms with Crippen LogP contribution in [0, 0.1) is 5.82 Å². The topological polar surface area (TPSA) is 38.0 Å². The Labute approximate surface area is 128 Å². The molecule has 0 spiro atoms. The Morgan fingerprint density at radius 3 is 2.42 bits per heavy atom. The predicted octanol–water partition coefficient (Wildman–Crippen LogP) is 4.10. The van der Waals surface area contributed by atoms with Gasteiger partial charge in [0.1, 0.15) is 5.82 Å². The van der Waals surface area contributed by atoms with E-state index in [4.69, 9.17) is 5.84 Å². The van der Waals surface area contributed by atoms with E-state index in [0.717, 1.165) is 20.1 Å². The maximum atomic E-state index is 13.3. The molecule has 0 aromatic heterocycles. The van der Waals surface area contributed by atoms with Crippen molar-refractivity contribution in [3.63, 3.8) is 0 Å². The molecule has 2 aromatic rings. The summed E-state index contributed by atoms with van der Waals surface area (Å²) in [4.78, 5) is 0. The highest BCUT2D eigenvalue weighted by atomic mass is 79.9. The Bertz CT molecular complexity index is 558. The van der Waals surface area contributed by atoms with Crippen molar-refractivity contribution in [2.24, 2.45) is 5.84 Å². The number of benzene rings is 2. The molecular formula is C14H13Br2FN2. The van der Waals surface area contributed by atoms with Gasteiger partial charge in [0.25, 0.3) is 0 Å². The van der Waals surface area contributed by atoms with Gasteiger partial charge in [0.2, 0.25) is 0 Å². The van der Waals surface area contributed by atoms with Crippen molar-refractivity contribution in [3.8, 4) is 0 Å². The molecule has 0 aliphatic carbocycles. The van der Waals surface area contributed by atoms with Crippen LogP contribution < -0.4 is 11.3 Å².